The van der Waals surface area contributed by atoms with Crippen LogP contribution in [-0.4, -0.2) is 99.1 Å². The number of thioether (sulfide) groups is 3. The molecule has 210 valence electrons. The van der Waals surface area contributed by atoms with Gasteiger partial charge in [-0.05, 0) is 36.5 Å². The Labute approximate surface area is 231 Å². The second-order valence-corrected chi connectivity index (χ2v) is 11.7. The topological polar surface area (TPSA) is 74.3 Å². The lowest BCUT2D eigenvalue weighted by Gasteiger charge is -2.15. The molecule has 0 N–H and O–H groups in total. The third-order valence-corrected chi connectivity index (χ3v) is 8.65. The number of amides is 2. The normalized spacial score (nSPS) is 14.0. The van der Waals surface area contributed by atoms with Crippen LogP contribution in [0.5, 0.6) is 0 Å². The Morgan fingerprint density at radius 2 is 0.972 bits per heavy atom. The molecule has 1 aliphatic rings. The van der Waals surface area contributed by atoms with Crippen molar-refractivity contribution in [2.24, 2.45) is 0 Å². The van der Waals surface area contributed by atoms with Crippen molar-refractivity contribution in [3.63, 3.8) is 0 Å². The molecule has 0 radical (unpaired) electrons. The quantitative estimate of drug-likeness (QED) is 0.103. The van der Waals surface area contributed by atoms with Gasteiger partial charge in [-0.2, -0.15) is 11.8 Å². The molecule has 0 atom stereocenters. The van der Waals surface area contributed by atoms with Crippen molar-refractivity contribution in [2.45, 2.75) is 59.3 Å². The van der Waals surface area contributed by atoms with Crippen molar-refractivity contribution >= 4 is 47.1 Å². The van der Waals surface area contributed by atoms with Gasteiger partial charge in [0.05, 0.1) is 69.2 Å². The zero-order valence-corrected chi connectivity index (χ0v) is 25.0. The first-order chi connectivity index (χ1) is 17.7. The van der Waals surface area contributed by atoms with E-state index in [-0.39, 0.29) is 18.4 Å². The highest BCUT2D eigenvalue weighted by Crippen LogP contribution is 2.37. The zero-order chi connectivity index (χ0) is 26.3. The van der Waals surface area contributed by atoms with Crippen LogP contribution in [0, 0.1) is 0 Å². The molecule has 0 aromatic rings. The van der Waals surface area contributed by atoms with Crippen LogP contribution in [0.2, 0.25) is 0 Å². The molecule has 0 spiro atoms. The van der Waals surface area contributed by atoms with E-state index in [9.17, 15) is 9.59 Å². The molecule has 10 heteroatoms. The van der Waals surface area contributed by atoms with Crippen LogP contribution >= 0.6 is 35.3 Å². The van der Waals surface area contributed by atoms with Crippen LogP contribution in [0.15, 0.2) is 9.81 Å². The molecule has 1 aliphatic heterocycles. The smallest absolute Gasteiger partial charge is 0.268 e. The molecule has 1 rings (SSSR count). The molecule has 0 fully saturated rings. The lowest BCUT2D eigenvalue weighted by Crippen LogP contribution is -2.34. The summed E-state index contributed by atoms with van der Waals surface area (Å²) in [4.78, 5) is 28.3. The largest absolute Gasteiger partial charge is 0.378 e. The summed E-state index contributed by atoms with van der Waals surface area (Å²) in [6, 6.07) is 0. The van der Waals surface area contributed by atoms with Gasteiger partial charge in [0, 0.05) is 5.75 Å². The van der Waals surface area contributed by atoms with Gasteiger partial charge in [-0.3, -0.25) is 14.5 Å². The minimum atomic E-state index is -0.170. The van der Waals surface area contributed by atoms with Crippen molar-refractivity contribution in [2.75, 3.05) is 82.4 Å². The summed E-state index contributed by atoms with van der Waals surface area (Å²) in [5.74, 6) is 3.63. The van der Waals surface area contributed by atoms with E-state index < -0.39 is 0 Å². The molecule has 0 aliphatic carbocycles. The number of hydrogen-bond donors (Lipinski definition) is 0. The molecule has 0 aromatic heterocycles. The molecule has 36 heavy (non-hydrogen) atoms. The van der Waals surface area contributed by atoms with Crippen LogP contribution < -0.4 is 0 Å². The predicted molar refractivity (Wildman–Crippen MR) is 154 cm³/mol. The van der Waals surface area contributed by atoms with E-state index in [2.05, 4.69) is 20.8 Å². The van der Waals surface area contributed by atoms with Gasteiger partial charge in [0.2, 0.25) is 0 Å². The monoisotopic (exact) mass is 565 g/mol. The molecular formula is C26H47NO6S3. The average Bonchev–Trinajstić information content (AvgIpc) is 3.10. The zero-order valence-electron chi connectivity index (χ0n) is 22.6. The van der Waals surface area contributed by atoms with Crippen LogP contribution in [0.25, 0.3) is 0 Å². The van der Waals surface area contributed by atoms with Gasteiger partial charge in [-0.1, -0.05) is 40.0 Å². The summed E-state index contributed by atoms with van der Waals surface area (Å²) in [6.07, 6.45) is 6.71. The Balaban J connectivity index is 2.09. The highest BCUT2D eigenvalue weighted by Gasteiger charge is 2.38. The second kappa shape index (κ2) is 23.9. The van der Waals surface area contributed by atoms with E-state index in [1.54, 1.807) is 0 Å². The van der Waals surface area contributed by atoms with Gasteiger partial charge >= 0.3 is 0 Å². The number of hydrogen-bond acceptors (Lipinski definition) is 9. The molecule has 0 unspecified atom stereocenters. The lowest BCUT2D eigenvalue weighted by atomic mass is 10.4. The number of imide groups is 1. The molecule has 0 aromatic carbocycles. The maximum absolute atomic E-state index is 12.9. The Kier molecular flexibility index (Phi) is 22.4. The van der Waals surface area contributed by atoms with E-state index in [0.717, 1.165) is 49.5 Å². The maximum atomic E-state index is 12.9. The van der Waals surface area contributed by atoms with Gasteiger partial charge in [-0.15, -0.1) is 23.5 Å². The fourth-order valence-corrected chi connectivity index (χ4v) is 6.47. The molecular weight excluding hydrogens is 518 g/mol. The summed E-state index contributed by atoms with van der Waals surface area (Å²) in [6.45, 7) is 10.9. The average molecular weight is 566 g/mol. The number of rotatable bonds is 26. The van der Waals surface area contributed by atoms with Crippen molar-refractivity contribution in [1.82, 2.24) is 4.90 Å². The first-order valence-corrected chi connectivity index (χ1v) is 16.5. The third-order valence-electron chi connectivity index (χ3n) is 5.16. The van der Waals surface area contributed by atoms with Crippen LogP contribution in [0.3, 0.4) is 0 Å². The van der Waals surface area contributed by atoms with Crippen LogP contribution in [-0.2, 0) is 28.5 Å². The molecule has 0 bridgehead atoms. The Morgan fingerprint density at radius 1 is 0.556 bits per heavy atom. The number of unbranched alkanes of at least 4 members (excludes halogenated alkanes) is 3. The van der Waals surface area contributed by atoms with E-state index in [1.165, 1.54) is 47.0 Å². The Morgan fingerprint density at radius 3 is 1.44 bits per heavy atom. The highest BCUT2D eigenvalue weighted by molar-refractivity contribution is 8.08. The minimum absolute atomic E-state index is 0.170. The first kappa shape index (κ1) is 33.8. The third kappa shape index (κ3) is 15.2. The molecule has 2 amide bonds. The molecule has 0 saturated heterocycles. The fourth-order valence-electron chi connectivity index (χ4n) is 3.01. The van der Waals surface area contributed by atoms with E-state index in [1.807, 2.05) is 11.8 Å². The van der Waals surface area contributed by atoms with E-state index >= 15 is 0 Å². The van der Waals surface area contributed by atoms with Gasteiger partial charge in [0.1, 0.15) is 0 Å². The summed E-state index contributed by atoms with van der Waals surface area (Å²) in [5, 5.41) is 0. The van der Waals surface area contributed by atoms with E-state index in [0.29, 0.717) is 56.1 Å². The van der Waals surface area contributed by atoms with Crippen LogP contribution in [0.1, 0.15) is 59.3 Å². The Bertz CT molecular complexity index is 588. The van der Waals surface area contributed by atoms with Gasteiger partial charge in [-0.25, -0.2) is 0 Å². The summed E-state index contributed by atoms with van der Waals surface area (Å²) < 4.78 is 22.2. The fraction of sp³-hybridized carbons (Fsp3) is 0.846. The number of nitrogens with zero attached hydrogens (tertiary/aromatic N) is 1. The van der Waals surface area contributed by atoms with Crippen molar-refractivity contribution in [3.05, 3.63) is 9.81 Å². The SMILES string of the molecule is CCCCSCCOCCOCCOCCOCCN1C(=O)C(SCCCC)=C(SCCCC)C1=O. The number of carbonyl (C=O) groups is 2. The maximum Gasteiger partial charge on any atom is 0.268 e. The van der Waals surface area contributed by atoms with E-state index in [4.69, 9.17) is 18.9 Å². The first-order valence-electron chi connectivity index (χ1n) is 13.4. The van der Waals surface area contributed by atoms with Crippen molar-refractivity contribution < 1.29 is 28.5 Å². The summed E-state index contributed by atoms with van der Waals surface area (Å²) >= 11 is 4.98. The second-order valence-electron chi connectivity index (χ2n) is 8.24. The predicted octanol–water partition coefficient (Wildman–Crippen LogP) is 5.23. The van der Waals surface area contributed by atoms with Crippen LogP contribution in [0.4, 0.5) is 0 Å². The van der Waals surface area contributed by atoms with Crippen molar-refractivity contribution in [3.8, 4) is 0 Å². The minimum Gasteiger partial charge on any atom is -0.378 e. The van der Waals surface area contributed by atoms with Gasteiger partial charge < -0.3 is 18.9 Å². The lowest BCUT2D eigenvalue weighted by molar-refractivity contribution is -0.138. The number of carbonyl (C=O) groups excluding carboxylic acids is 2. The summed E-state index contributed by atoms with van der Waals surface area (Å²) in [7, 11) is 0. The summed E-state index contributed by atoms with van der Waals surface area (Å²) in [5.41, 5.74) is 0. The van der Waals surface area contributed by atoms with Gasteiger partial charge in [0.15, 0.2) is 0 Å². The number of ether oxygens (including phenoxy) is 4. The molecule has 0 saturated carbocycles. The van der Waals surface area contributed by atoms with Crippen molar-refractivity contribution in [1.29, 1.82) is 0 Å². The highest BCUT2D eigenvalue weighted by atomic mass is 32.2. The molecule has 7 nitrogen and oxygen atoms in total. The standard InChI is InChI=1S/C26H47NO6S3/c1-4-7-19-34-22-18-33-17-16-32-15-14-31-13-12-30-11-10-27-25(28)23(35-20-8-5-2)24(26(27)29)36-21-9-6-3/h4-22H2,1-3H3. The Hall–Kier alpha value is -0.230. The van der Waals surface area contributed by atoms with Gasteiger partial charge in [0.25, 0.3) is 11.8 Å². The molecule has 1 heterocycles.